The lowest BCUT2D eigenvalue weighted by Crippen LogP contribution is -2.05. The van der Waals surface area contributed by atoms with Crippen molar-refractivity contribution in [2.75, 3.05) is 0 Å². The summed E-state index contributed by atoms with van der Waals surface area (Å²) in [5.41, 5.74) is 7.08. The van der Waals surface area contributed by atoms with Gasteiger partial charge in [-0.05, 0) is 55.7 Å². The first-order valence-electron chi connectivity index (χ1n) is 9.40. The van der Waals surface area contributed by atoms with Gasteiger partial charge in [0.1, 0.15) is 12.1 Å². The minimum absolute atomic E-state index is 0. The molecule has 150 valence electrons. The second-order valence-electron chi connectivity index (χ2n) is 7.21. The Bertz CT molecular complexity index is 1130. The number of nitrogens with zero attached hydrogens (tertiary/aromatic N) is 2. The van der Waals surface area contributed by atoms with Gasteiger partial charge in [-0.3, -0.25) is 0 Å². The third kappa shape index (κ3) is 4.42. The normalized spacial score (nSPS) is 10.8. The highest BCUT2D eigenvalue weighted by Gasteiger charge is 2.16. The van der Waals surface area contributed by atoms with Crippen LogP contribution < -0.4 is 4.74 Å². The van der Waals surface area contributed by atoms with Gasteiger partial charge in [0.05, 0.1) is 0 Å². The Labute approximate surface area is 182 Å². The van der Waals surface area contributed by atoms with Crippen LogP contribution >= 0.6 is 24.0 Å². The van der Waals surface area contributed by atoms with Crippen molar-refractivity contribution in [1.29, 1.82) is 0 Å². The Kier molecular flexibility index (Phi) is 6.51. The Balaban J connectivity index is 0.00000240. The first-order chi connectivity index (χ1) is 13.5. The molecule has 0 aliphatic carbocycles. The molecule has 0 atom stereocenters. The third-order valence-electron chi connectivity index (χ3n) is 5.24. The van der Waals surface area contributed by atoms with E-state index in [1.54, 1.807) is 0 Å². The van der Waals surface area contributed by atoms with E-state index in [0.29, 0.717) is 17.5 Å². The van der Waals surface area contributed by atoms with Crippen molar-refractivity contribution >= 4 is 34.9 Å². The van der Waals surface area contributed by atoms with Crippen LogP contribution in [0.3, 0.4) is 0 Å². The van der Waals surface area contributed by atoms with E-state index in [0.717, 1.165) is 17.6 Å². The predicted octanol–water partition coefficient (Wildman–Crippen LogP) is 6.66. The molecule has 0 N–H and O–H groups in total. The molecule has 4 aromatic rings. The molecule has 0 aliphatic rings. The van der Waals surface area contributed by atoms with E-state index in [-0.39, 0.29) is 12.4 Å². The fourth-order valence-corrected chi connectivity index (χ4v) is 3.73. The van der Waals surface area contributed by atoms with Crippen LogP contribution in [0.2, 0.25) is 5.02 Å². The highest BCUT2D eigenvalue weighted by Crippen LogP contribution is 2.32. The summed E-state index contributed by atoms with van der Waals surface area (Å²) in [5.74, 6) is 0.654. The highest BCUT2D eigenvalue weighted by atomic mass is 35.5. The van der Waals surface area contributed by atoms with Crippen LogP contribution in [-0.2, 0) is 13.2 Å². The van der Waals surface area contributed by atoms with E-state index < -0.39 is 0 Å². The molecule has 0 unspecified atom stereocenters. The second-order valence-corrected chi connectivity index (χ2v) is 7.65. The summed E-state index contributed by atoms with van der Waals surface area (Å²) >= 11 is 6.10. The summed E-state index contributed by atoms with van der Waals surface area (Å²) in [6.07, 6.45) is 1.82. The molecule has 0 bridgehead atoms. The zero-order valence-corrected chi connectivity index (χ0v) is 18.3. The van der Waals surface area contributed by atoms with Crippen molar-refractivity contribution in [2.45, 2.75) is 33.9 Å². The zero-order valence-electron chi connectivity index (χ0n) is 16.8. The van der Waals surface area contributed by atoms with Gasteiger partial charge < -0.3 is 9.30 Å². The molecule has 2 aromatic carbocycles. The number of benzene rings is 2. The van der Waals surface area contributed by atoms with E-state index in [9.17, 15) is 0 Å². The average Bonchev–Trinajstić information content (AvgIpc) is 2.94. The molecule has 2 heterocycles. The van der Waals surface area contributed by atoms with Crippen molar-refractivity contribution in [3.05, 3.63) is 93.8 Å². The molecule has 5 heteroatoms. The maximum absolute atomic E-state index is 6.14. The maximum Gasteiger partial charge on any atom is 0.238 e. The van der Waals surface area contributed by atoms with Gasteiger partial charge in [0.2, 0.25) is 5.88 Å². The SMILES string of the molecule is Cc1ccc(Cn2c(C)c(C)c3ccnc(OCc4cccc(Cl)c4)c32)cc1.Cl. The standard InChI is InChI=1S/C24H23ClN2O.ClH/c1-16-7-9-19(10-8-16)14-27-18(3)17(2)22-11-12-26-24(23(22)27)28-15-20-5-4-6-21(25)13-20;/h4-13H,14-15H2,1-3H3;1H. The Morgan fingerprint density at radius 3 is 2.45 bits per heavy atom. The van der Waals surface area contributed by atoms with Crippen LogP contribution in [0, 0.1) is 20.8 Å². The van der Waals surface area contributed by atoms with Gasteiger partial charge in [-0.25, -0.2) is 4.98 Å². The number of rotatable bonds is 5. The van der Waals surface area contributed by atoms with Crippen molar-refractivity contribution < 1.29 is 4.74 Å². The molecule has 0 aliphatic heterocycles. The Morgan fingerprint density at radius 1 is 0.966 bits per heavy atom. The van der Waals surface area contributed by atoms with Gasteiger partial charge in [0.15, 0.2) is 0 Å². The van der Waals surface area contributed by atoms with Crippen molar-refractivity contribution in [2.24, 2.45) is 0 Å². The fraction of sp³-hybridized carbons (Fsp3) is 0.208. The quantitative estimate of drug-likeness (QED) is 0.356. The van der Waals surface area contributed by atoms with Crippen LogP contribution in [0.25, 0.3) is 10.9 Å². The molecule has 0 saturated heterocycles. The first kappa shape index (κ1) is 21.2. The Morgan fingerprint density at radius 2 is 1.72 bits per heavy atom. The topological polar surface area (TPSA) is 27.1 Å². The summed E-state index contributed by atoms with van der Waals surface area (Å²) in [6.45, 7) is 7.64. The first-order valence-corrected chi connectivity index (χ1v) is 9.78. The lowest BCUT2D eigenvalue weighted by Gasteiger charge is -2.12. The summed E-state index contributed by atoms with van der Waals surface area (Å²) in [6, 6.07) is 18.5. The van der Waals surface area contributed by atoms with Crippen LogP contribution in [0.1, 0.15) is 27.9 Å². The summed E-state index contributed by atoms with van der Waals surface area (Å²) in [7, 11) is 0. The summed E-state index contributed by atoms with van der Waals surface area (Å²) < 4.78 is 8.44. The van der Waals surface area contributed by atoms with Crippen LogP contribution in [-0.4, -0.2) is 9.55 Å². The zero-order chi connectivity index (χ0) is 19.7. The van der Waals surface area contributed by atoms with Crippen molar-refractivity contribution in [3.63, 3.8) is 0 Å². The second kappa shape index (κ2) is 8.89. The van der Waals surface area contributed by atoms with Gasteiger partial charge >= 0.3 is 0 Å². The number of aryl methyl sites for hydroxylation is 2. The number of hydrogen-bond donors (Lipinski definition) is 0. The highest BCUT2D eigenvalue weighted by molar-refractivity contribution is 6.30. The number of halogens is 2. The minimum Gasteiger partial charge on any atom is -0.471 e. The van der Waals surface area contributed by atoms with Gasteiger partial charge in [-0.1, -0.05) is 53.6 Å². The maximum atomic E-state index is 6.14. The molecule has 0 spiro atoms. The molecule has 2 aromatic heterocycles. The molecular weight excluding hydrogens is 403 g/mol. The Hall–Kier alpha value is -2.49. The fourth-order valence-electron chi connectivity index (χ4n) is 3.52. The molecule has 0 amide bonds. The minimum atomic E-state index is 0. The number of pyridine rings is 1. The number of aromatic nitrogens is 2. The van der Waals surface area contributed by atoms with Crippen molar-refractivity contribution in [3.8, 4) is 5.88 Å². The lowest BCUT2D eigenvalue weighted by molar-refractivity contribution is 0.296. The molecule has 0 fully saturated rings. The van der Waals surface area contributed by atoms with E-state index in [1.807, 2.05) is 30.5 Å². The van der Waals surface area contributed by atoms with E-state index in [4.69, 9.17) is 16.3 Å². The smallest absolute Gasteiger partial charge is 0.238 e. The van der Waals surface area contributed by atoms with E-state index in [2.05, 4.69) is 60.7 Å². The monoisotopic (exact) mass is 426 g/mol. The average molecular weight is 427 g/mol. The van der Waals surface area contributed by atoms with Crippen LogP contribution in [0.15, 0.2) is 60.8 Å². The van der Waals surface area contributed by atoms with Gasteiger partial charge in [0.25, 0.3) is 0 Å². The van der Waals surface area contributed by atoms with E-state index >= 15 is 0 Å². The number of hydrogen-bond acceptors (Lipinski definition) is 2. The predicted molar refractivity (Wildman–Crippen MR) is 123 cm³/mol. The number of fused-ring (bicyclic) bond motifs is 1. The molecule has 4 rings (SSSR count). The lowest BCUT2D eigenvalue weighted by atomic mass is 10.1. The molecule has 0 radical (unpaired) electrons. The van der Waals surface area contributed by atoms with E-state index in [1.165, 1.54) is 27.8 Å². The van der Waals surface area contributed by atoms with Crippen LogP contribution in [0.5, 0.6) is 5.88 Å². The van der Waals surface area contributed by atoms with Gasteiger partial charge in [-0.2, -0.15) is 0 Å². The summed E-state index contributed by atoms with van der Waals surface area (Å²) in [4.78, 5) is 4.54. The molecular formula is C24H24Cl2N2O. The summed E-state index contributed by atoms with van der Waals surface area (Å²) in [5, 5.41) is 1.89. The van der Waals surface area contributed by atoms with Crippen LogP contribution in [0.4, 0.5) is 0 Å². The van der Waals surface area contributed by atoms with Crippen molar-refractivity contribution in [1.82, 2.24) is 9.55 Å². The molecule has 3 nitrogen and oxygen atoms in total. The largest absolute Gasteiger partial charge is 0.471 e. The molecule has 0 saturated carbocycles. The van der Waals surface area contributed by atoms with Gasteiger partial charge in [-0.15, -0.1) is 12.4 Å². The van der Waals surface area contributed by atoms with Gasteiger partial charge in [0, 0.05) is 28.8 Å². The molecule has 29 heavy (non-hydrogen) atoms. The number of ether oxygens (including phenoxy) is 1. The third-order valence-corrected chi connectivity index (χ3v) is 5.47.